The van der Waals surface area contributed by atoms with E-state index >= 15 is 0 Å². The molecule has 2 amide bonds. The smallest absolute Gasteiger partial charge is 0.231 e. The van der Waals surface area contributed by atoms with Gasteiger partial charge in [0.2, 0.25) is 22.7 Å². The minimum absolute atomic E-state index is 0.122. The summed E-state index contributed by atoms with van der Waals surface area (Å²) in [5.41, 5.74) is 0.590. The van der Waals surface area contributed by atoms with Crippen LogP contribution in [0.25, 0.3) is 0 Å². The minimum atomic E-state index is -0.477. The maximum absolute atomic E-state index is 12.7. The number of methoxy groups -OCH3 is 3. The highest BCUT2D eigenvalue weighted by Crippen LogP contribution is 2.43. The molecule has 0 unspecified atom stereocenters. The van der Waals surface area contributed by atoms with E-state index in [1.165, 1.54) is 32.7 Å². The number of anilines is 2. The van der Waals surface area contributed by atoms with Crippen LogP contribution in [0.3, 0.4) is 0 Å². The standard InChI is InChI=1S/C19H22N4O5S/c1-26-13-7-12(8-14(27-2)16(13)28-3)23-9-11(6-15(23)24)17(25)20-19-22-21-18(29-19)10-4-5-10/h7-8,10-11H,4-6,9H2,1-3H3,(H,20,22,25)/t11-/m0/s1. The second-order valence-corrected chi connectivity index (χ2v) is 8.01. The molecule has 2 fully saturated rings. The van der Waals surface area contributed by atoms with Crippen LogP contribution in [0.1, 0.15) is 30.2 Å². The molecular weight excluding hydrogens is 396 g/mol. The fraction of sp³-hybridized carbons (Fsp3) is 0.474. The highest BCUT2D eigenvalue weighted by molar-refractivity contribution is 7.15. The monoisotopic (exact) mass is 418 g/mol. The Bertz CT molecular complexity index is 917. The first-order chi connectivity index (χ1) is 14.0. The lowest BCUT2D eigenvalue weighted by Crippen LogP contribution is -2.28. The molecule has 1 aromatic heterocycles. The van der Waals surface area contributed by atoms with E-state index in [0.29, 0.717) is 34.0 Å². The Morgan fingerprint density at radius 2 is 1.83 bits per heavy atom. The van der Waals surface area contributed by atoms with Crippen molar-refractivity contribution in [3.8, 4) is 17.2 Å². The van der Waals surface area contributed by atoms with E-state index in [0.717, 1.165) is 17.8 Å². The maximum atomic E-state index is 12.7. The van der Waals surface area contributed by atoms with Gasteiger partial charge in [-0.1, -0.05) is 11.3 Å². The summed E-state index contributed by atoms with van der Waals surface area (Å²) in [4.78, 5) is 26.8. The molecule has 0 bridgehead atoms. The van der Waals surface area contributed by atoms with Crippen molar-refractivity contribution < 1.29 is 23.8 Å². The molecule has 1 aliphatic carbocycles. The number of carbonyl (C=O) groups excluding carboxylic acids is 2. The summed E-state index contributed by atoms with van der Waals surface area (Å²) in [6.07, 6.45) is 2.38. The summed E-state index contributed by atoms with van der Waals surface area (Å²) in [5, 5.41) is 12.4. The molecular formula is C19H22N4O5S. The summed E-state index contributed by atoms with van der Waals surface area (Å²) in [6.45, 7) is 0.261. The van der Waals surface area contributed by atoms with Gasteiger partial charge < -0.3 is 24.4 Å². The van der Waals surface area contributed by atoms with Gasteiger partial charge in [-0.3, -0.25) is 9.59 Å². The average molecular weight is 418 g/mol. The van der Waals surface area contributed by atoms with Gasteiger partial charge in [0.05, 0.1) is 32.9 Å². The molecule has 1 aliphatic heterocycles. The number of hydrogen-bond acceptors (Lipinski definition) is 8. The number of amides is 2. The van der Waals surface area contributed by atoms with E-state index in [9.17, 15) is 9.59 Å². The summed E-state index contributed by atoms with van der Waals surface area (Å²) in [6, 6.07) is 3.40. The molecule has 10 heteroatoms. The maximum Gasteiger partial charge on any atom is 0.231 e. The second-order valence-electron chi connectivity index (χ2n) is 7.00. The van der Waals surface area contributed by atoms with Crippen molar-refractivity contribution in [1.29, 1.82) is 0 Å². The van der Waals surface area contributed by atoms with Gasteiger partial charge in [-0.05, 0) is 12.8 Å². The van der Waals surface area contributed by atoms with E-state index in [4.69, 9.17) is 14.2 Å². The molecule has 2 aromatic rings. The quantitative estimate of drug-likeness (QED) is 0.737. The van der Waals surface area contributed by atoms with Crippen molar-refractivity contribution in [2.45, 2.75) is 25.2 Å². The van der Waals surface area contributed by atoms with E-state index in [1.807, 2.05) is 0 Å². The second kappa shape index (κ2) is 7.86. The Balaban J connectivity index is 1.49. The van der Waals surface area contributed by atoms with Gasteiger partial charge in [-0.25, -0.2) is 0 Å². The molecule has 0 spiro atoms. The van der Waals surface area contributed by atoms with Gasteiger partial charge in [0.25, 0.3) is 0 Å². The summed E-state index contributed by atoms with van der Waals surface area (Å²) < 4.78 is 16.0. The van der Waals surface area contributed by atoms with Crippen LogP contribution in [-0.4, -0.2) is 49.9 Å². The van der Waals surface area contributed by atoms with Crippen LogP contribution in [0.15, 0.2) is 12.1 Å². The van der Waals surface area contributed by atoms with Crippen LogP contribution in [-0.2, 0) is 9.59 Å². The van der Waals surface area contributed by atoms with E-state index in [-0.39, 0.29) is 24.8 Å². The zero-order valence-corrected chi connectivity index (χ0v) is 17.2. The zero-order chi connectivity index (χ0) is 20.5. The predicted molar refractivity (Wildman–Crippen MR) is 107 cm³/mol. The SMILES string of the molecule is COc1cc(N2C[C@@H](C(=O)Nc3nnc(C4CC4)s3)CC2=O)cc(OC)c1OC. The van der Waals surface area contributed by atoms with Gasteiger partial charge in [-0.2, -0.15) is 0 Å². The van der Waals surface area contributed by atoms with Crippen LogP contribution >= 0.6 is 11.3 Å². The number of nitrogens with zero attached hydrogens (tertiary/aromatic N) is 3. The third-order valence-electron chi connectivity index (χ3n) is 5.05. The number of ether oxygens (including phenoxy) is 3. The first-order valence-corrected chi connectivity index (χ1v) is 10.1. The minimum Gasteiger partial charge on any atom is -0.493 e. The normalized spacial score (nSPS) is 18.7. The van der Waals surface area contributed by atoms with Gasteiger partial charge >= 0.3 is 0 Å². The van der Waals surface area contributed by atoms with Crippen LogP contribution in [0.5, 0.6) is 17.2 Å². The molecule has 1 saturated carbocycles. The lowest BCUT2D eigenvalue weighted by Gasteiger charge is -2.20. The van der Waals surface area contributed by atoms with Crippen molar-refractivity contribution in [2.24, 2.45) is 5.92 Å². The van der Waals surface area contributed by atoms with Crippen LogP contribution < -0.4 is 24.4 Å². The number of nitrogens with one attached hydrogen (secondary N) is 1. The van der Waals surface area contributed by atoms with E-state index in [2.05, 4.69) is 15.5 Å². The summed E-state index contributed by atoms with van der Waals surface area (Å²) in [7, 11) is 4.55. The largest absolute Gasteiger partial charge is 0.493 e. The fourth-order valence-electron chi connectivity index (χ4n) is 3.34. The Labute approximate surface area is 172 Å². The number of aromatic nitrogens is 2. The third-order valence-corrected chi connectivity index (χ3v) is 6.06. The molecule has 1 aromatic carbocycles. The first kappa shape index (κ1) is 19.4. The zero-order valence-electron chi connectivity index (χ0n) is 16.4. The number of carbonyl (C=O) groups is 2. The molecule has 9 nitrogen and oxygen atoms in total. The predicted octanol–water partition coefficient (Wildman–Crippen LogP) is 2.43. The highest BCUT2D eigenvalue weighted by atomic mass is 32.1. The van der Waals surface area contributed by atoms with Gasteiger partial charge in [0, 0.05) is 31.0 Å². The topological polar surface area (TPSA) is 103 Å². The molecule has 2 heterocycles. The molecule has 1 N–H and O–H groups in total. The van der Waals surface area contributed by atoms with E-state index in [1.54, 1.807) is 17.0 Å². The molecule has 4 rings (SSSR count). The van der Waals surface area contributed by atoms with Crippen molar-refractivity contribution in [3.05, 3.63) is 17.1 Å². The third kappa shape index (κ3) is 3.84. The summed E-state index contributed by atoms with van der Waals surface area (Å²) >= 11 is 1.40. The fourth-order valence-corrected chi connectivity index (χ4v) is 4.26. The first-order valence-electron chi connectivity index (χ1n) is 9.28. The van der Waals surface area contributed by atoms with Gasteiger partial charge in [-0.15, -0.1) is 10.2 Å². The lowest BCUT2D eigenvalue weighted by atomic mass is 10.1. The van der Waals surface area contributed by atoms with Crippen molar-refractivity contribution in [1.82, 2.24) is 10.2 Å². The molecule has 2 aliphatic rings. The Hall–Kier alpha value is -2.88. The lowest BCUT2D eigenvalue weighted by molar-refractivity contribution is -0.122. The van der Waals surface area contributed by atoms with Crippen LogP contribution in [0.2, 0.25) is 0 Å². The number of benzene rings is 1. The molecule has 1 atom stereocenters. The van der Waals surface area contributed by atoms with Gasteiger partial charge in [0.15, 0.2) is 11.5 Å². The average Bonchev–Trinajstić information content (AvgIpc) is 3.35. The van der Waals surface area contributed by atoms with Crippen molar-refractivity contribution in [2.75, 3.05) is 38.1 Å². The van der Waals surface area contributed by atoms with Crippen LogP contribution in [0, 0.1) is 5.92 Å². The molecule has 1 saturated heterocycles. The molecule has 154 valence electrons. The van der Waals surface area contributed by atoms with Crippen molar-refractivity contribution in [3.63, 3.8) is 0 Å². The number of rotatable bonds is 7. The van der Waals surface area contributed by atoms with Crippen molar-refractivity contribution >= 4 is 34.0 Å². The Kier molecular flexibility index (Phi) is 5.27. The van der Waals surface area contributed by atoms with E-state index < -0.39 is 5.92 Å². The Morgan fingerprint density at radius 3 is 2.41 bits per heavy atom. The highest BCUT2D eigenvalue weighted by Gasteiger charge is 2.36. The molecule has 29 heavy (non-hydrogen) atoms. The van der Waals surface area contributed by atoms with Crippen LogP contribution in [0.4, 0.5) is 10.8 Å². The number of hydrogen-bond donors (Lipinski definition) is 1. The Morgan fingerprint density at radius 1 is 1.14 bits per heavy atom. The molecule has 0 radical (unpaired) electrons. The van der Waals surface area contributed by atoms with Gasteiger partial charge in [0.1, 0.15) is 5.01 Å². The summed E-state index contributed by atoms with van der Waals surface area (Å²) in [5.74, 6) is 0.981.